The second-order valence-corrected chi connectivity index (χ2v) is 7.15. The zero-order valence-electron chi connectivity index (χ0n) is 18.7. The Morgan fingerprint density at radius 1 is 1.41 bits per heavy atom. The molecule has 2 aliphatic rings. The molecule has 1 aromatic rings. The van der Waals surface area contributed by atoms with E-state index in [2.05, 4.69) is 31.3 Å². The van der Waals surface area contributed by atoms with Crippen LogP contribution < -0.4 is 10.6 Å². The van der Waals surface area contributed by atoms with Crippen molar-refractivity contribution in [2.75, 3.05) is 19.7 Å². The smallest absolute Gasteiger partial charge is 0.323 e. The van der Waals surface area contributed by atoms with Crippen molar-refractivity contribution < 1.29 is 18.4 Å². The van der Waals surface area contributed by atoms with Gasteiger partial charge in [-0.2, -0.15) is 5.21 Å². The molecule has 2 heterocycles. The molecule has 1 aliphatic heterocycles. The van der Waals surface area contributed by atoms with Crippen LogP contribution in [0.5, 0.6) is 0 Å². The lowest BCUT2D eigenvalue weighted by Gasteiger charge is -2.42. The van der Waals surface area contributed by atoms with Crippen LogP contribution in [0.2, 0.25) is 0 Å². The highest BCUT2D eigenvalue weighted by molar-refractivity contribution is 5.78. The number of aromatic nitrogens is 4. The molecule has 1 amide bonds. The molecular formula is C18H30N6O3. The Morgan fingerprint density at radius 3 is 3.07 bits per heavy atom. The number of esters is 1. The first kappa shape index (κ1) is 16.0. The summed E-state index contributed by atoms with van der Waals surface area (Å²) in [5.41, 5.74) is 0. The zero-order valence-corrected chi connectivity index (χ0v) is 15.7. The number of aryl methyl sites for hydroxylation is 1. The number of nitrogens with zero attached hydrogens (tertiary/aromatic N) is 3. The molecule has 4 atom stereocenters. The third-order valence-corrected chi connectivity index (χ3v) is 5.28. The minimum Gasteiger partial charge on any atom is -0.464 e. The molecule has 0 radical (unpaired) electrons. The number of tetrazole rings is 1. The Hall–Kier alpha value is -2.03. The molecule has 150 valence electrons. The predicted octanol–water partition coefficient (Wildman–Crippen LogP) is 0.596. The van der Waals surface area contributed by atoms with E-state index in [0.717, 1.165) is 19.3 Å². The number of rotatable bonds is 8. The van der Waals surface area contributed by atoms with Gasteiger partial charge in [-0.25, -0.2) is 0 Å². The Morgan fingerprint density at radius 2 is 2.30 bits per heavy atom. The standard InChI is InChI=1S/C18H30N6O3/c1-2-19-17(25)7-8-27-18(26)15-10-14-9-12(3-5-13(14)11-20-15)4-6-16-21-23-24-22-16/h12-15,20H,2-11H2,1H3,(H,19,25)(H,21,22,23,24)/t12-,13+,14-,15+/m1/s1/i10D2,15D. The molecule has 27 heavy (non-hydrogen) atoms. The third-order valence-electron chi connectivity index (χ3n) is 5.28. The number of aromatic amines is 1. The van der Waals surface area contributed by atoms with Crippen molar-refractivity contribution in [3.8, 4) is 0 Å². The van der Waals surface area contributed by atoms with Crippen LogP contribution in [0, 0.1) is 17.8 Å². The SMILES string of the molecule is [2H]C1([2H])[C@H]2C[C@@H](CCc3nn[nH]n3)CC[C@H]2CN[C@]1([2H])C(=O)OCCC(=O)NCC. The van der Waals surface area contributed by atoms with Crippen molar-refractivity contribution in [1.29, 1.82) is 0 Å². The first-order valence-electron chi connectivity index (χ1n) is 11.2. The lowest BCUT2D eigenvalue weighted by Crippen LogP contribution is -2.50. The Bertz CT molecular complexity index is 735. The van der Waals surface area contributed by atoms with Crippen LogP contribution >= 0.6 is 0 Å². The van der Waals surface area contributed by atoms with Gasteiger partial charge in [0.15, 0.2) is 5.82 Å². The first-order chi connectivity index (χ1) is 14.3. The second kappa shape index (κ2) is 9.77. The summed E-state index contributed by atoms with van der Waals surface area (Å²) in [5.74, 6) is -0.656. The average molecular weight is 381 g/mol. The van der Waals surface area contributed by atoms with Gasteiger partial charge in [0.25, 0.3) is 0 Å². The van der Waals surface area contributed by atoms with E-state index in [1.165, 1.54) is 0 Å². The molecule has 2 fully saturated rings. The van der Waals surface area contributed by atoms with Gasteiger partial charge in [-0.3, -0.25) is 9.59 Å². The van der Waals surface area contributed by atoms with Gasteiger partial charge in [0.05, 0.1) is 7.79 Å². The van der Waals surface area contributed by atoms with Gasteiger partial charge in [0.2, 0.25) is 5.91 Å². The summed E-state index contributed by atoms with van der Waals surface area (Å²) in [6.07, 6.45) is 1.79. The topological polar surface area (TPSA) is 122 Å². The molecule has 0 aromatic carbocycles. The fraction of sp³-hybridized carbons (Fsp3) is 0.833. The largest absolute Gasteiger partial charge is 0.464 e. The summed E-state index contributed by atoms with van der Waals surface area (Å²) in [4.78, 5) is 24.2. The second-order valence-electron chi connectivity index (χ2n) is 7.15. The van der Waals surface area contributed by atoms with Crippen molar-refractivity contribution in [3.05, 3.63) is 5.82 Å². The number of hydrogen-bond acceptors (Lipinski definition) is 7. The Balaban J connectivity index is 1.60. The minimum absolute atomic E-state index is 0.0110. The molecule has 3 N–H and O–H groups in total. The normalized spacial score (nSPS) is 33.8. The van der Waals surface area contributed by atoms with Gasteiger partial charge < -0.3 is 15.4 Å². The summed E-state index contributed by atoms with van der Waals surface area (Å²) < 4.78 is 31.1. The molecule has 1 saturated carbocycles. The van der Waals surface area contributed by atoms with Crippen LogP contribution in [-0.4, -0.2) is 58.2 Å². The fourth-order valence-electron chi connectivity index (χ4n) is 3.82. The highest BCUT2D eigenvalue weighted by Gasteiger charge is 2.38. The number of H-pyrrole nitrogens is 1. The summed E-state index contributed by atoms with van der Waals surface area (Å²) in [7, 11) is 0. The maximum absolute atomic E-state index is 12.6. The van der Waals surface area contributed by atoms with Gasteiger partial charge in [-0.1, -0.05) is 11.6 Å². The number of hydrogen-bond donors (Lipinski definition) is 3. The highest BCUT2D eigenvalue weighted by atomic mass is 16.5. The molecule has 3 rings (SSSR count). The molecule has 1 aromatic heterocycles. The minimum atomic E-state index is -2.19. The molecule has 1 aliphatic carbocycles. The molecule has 0 bridgehead atoms. The van der Waals surface area contributed by atoms with Crippen molar-refractivity contribution in [1.82, 2.24) is 31.3 Å². The number of nitrogens with one attached hydrogen (secondary N) is 3. The van der Waals surface area contributed by atoms with E-state index < -0.39 is 24.3 Å². The molecule has 0 unspecified atom stereocenters. The van der Waals surface area contributed by atoms with E-state index in [9.17, 15) is 9.59 Å². The van der Waals surface area contributed by atoms with E-state index >= 15 is 0 Å². The van der Waals surface area contributed by atoms with E-state index in [4.69, 9.17) is 8.85 Å². The van der Waals surface area contributed by atoms with E-state index in [1.54, 1.807) is 6.92 Å². The quantitative estimate of drug-likeness (QED) is 0.564. The summed E-state index contributed by atoms with van der Waals surface area (Å²) in [6, 6.07) is -2.19. The monoisotopic (exact) mass is 381 g/mol. The average Bonchev–Trinajstić information content (AvgIpc) is 3.23. The Kier molecular flexibility index (Phi) is 5.78. The molecular weight excluding hydrogens is 348 g/mol. The van der Waals surface area contributed by atoms with Gasteiger partial charge in [-0.05, 0) is 56.9 Å². The third kappa shape index (κ3) is 5.72. The van der Waals surface area contributed by atoms with E-state index in [1.807, 2.05) is 0 Å². The number of carbonyl (C=O) groups is 2. The maximum Gasteiger partial charge on any atom is 0.323 e. The van der Waals surface area contributed by atoms with Crippen molar-refractivity contribution in [3.63, 3.8) is 0 Å². The van der Waals surface area contributed by atoms with Crippen LogP contribution in [0.15, 0.2) is 0 Å². The van der Waals surface area contributed by atoms with Crippen molar-refractivity contribution >= 4 is 11.9 Å². The summed E-state index contributed by atoms with van der Waals surface area (Å²) in [5, 5.41) is 19.3. The number of ether oxygens (including phenoxy) is 1. The van der Waals surface area contributed by atoms with Crippen LogP contribution in [0.1, 0.15) is 55.3 Å². The van der Waals surface area contributed by atoms with Crippen molar-refractivity contribution in [2.45, 2.75) is 57.8 Å². The summed E-state index contributed by atoms with van der Waals surface area (Å²) >= 11 is 0. The number of carbonyl (C=O) groups excluding carboxylic acids is 2. The van der Waals surface area contributed by atoms with Gasteiger partial charge in [0, 0.05) is 15.7 Å². The number of piperidine rings is 1. The number of fused-ring (bicyclic) bond motifs is 1. The molecule has 9 heteroatoms. The molecule has 0 spiro atoms. The molecule has 9 nitrogen and oxygen atoms in total. The number of amides is 1. The van der Waals surface area contributed by atoms with Crippen LogP contribution in [0.4, 0.5) is 0 Å². The zero-order chi connectivity index (χ0) is 21.8. The lowest BCUT2D eigenvalue weighted by molar-refractivity contribution is -0.148. The van der Waals surface area contributed by atoms with Crippen LogP contribution in [-0.2, 0) is 20.7 Å². The van der Waals surface area contributed by atoms with Gasteiger partial charge >= 0.3 is 5.97 Å². The van der Waals surface area contributed by atoms with E-state index in [-0.39, 0.29) is 30.8 Å². The lowest BCUT2D eigenvalue weighted by atomic mass is 9.69. The van der Waals surface area contributed by atoms with Crippen LogP contribution in [0.25, 0.3) is 0 Å². The highest BCUT2D eigenvalue weighted by Crippen LogP contribution is 2.40. The van der Waals surface area contributed by atoms with Gasteiger partial charge in [-0.15, -0.1) is 10.2 Å². The van der Waals surface area contributed by atoms with Crippen molar-refractivity contribution in [2.24, 2.45) is 17.8 Å². The predicted molar refractivity (Wildman–Crippen MR) is 97.5 cm³/mol. The molecule has 1 saturated heterocycles. The van der Waals surface area contributed by atoms with Gasteiger partial charge in [0.1, 0.15) is 12.6 Å². The first-order valence-corrected chi connectivity index (χ1v) is 9.69. The summed E-state index contributed by atoms with van der Waals surface area (Å²) in [6.45, 7) is 2.50. The fourth-order valence-corrected chi connectivity index (χ4v) is 3.82. The Labute approximate surface area is 163 Å². The maximum atomic E-state index is 12.6. The van der Waals surface area contributed by atoms with E-state index in [0.29, 0.717) is 31.8 Å². The van der Waals surface area contributed by atoms with Crippen LogP contribution in [0.3, 0.4) is 0 Å².